The Morgan fingerprint density at radius 2 is 1.75 bits per heavy atom. The van der Waals surface area contributed by atoms with E-state index in [2.05, 4.69) is 20.6 Å². The van der Waals surface area contributed by atoms with Crippen LogP contribution in [0.5, 0.6) is 5.75 Å². The molecule has 0 amide bonds. The molecule has 0 aliphatic carbocycles. The van der Waals surface area contributed by atoms with Gasteiger partial charge in [0.05, 0.1) is 17.4 Å². The monoisotopic (exact) mass is 378 g/mol. The maximum atomic E-state index is 11.0. The number of carbonyl (C=O) groups is 1. The van der Waals surface area contributed by atoms with Crippen molar-refractivity contribution in [3.8, 4) is 5.75 Å². The third kappa shape index (κ3) is 4.97. The van der Waals surface area contributed by atoms with E-state index < -0.39 is 5.97 Å². The molecule has 0 aliphatic heterocycles. The van der Waals surface area contributed by atoms with Crippen LogP contribution in [0.25, 0.3) is 0 Å². The predicted octanol–water partition coefficient (Wildman–Crippen LogP) is 4.76. The van der Waals surface area contributed by atoms with Gasteiger partial charge < -0.3 is 20.5 Å². The second kappa shape index (κ2) is 8.39. The molecule has 1 heterocycles. The molecule has 144 valence electrons. The molecular formula is C21H22N4O3. The number of aryl methyl sites for hydroxylation is 1. The lowest BCUT2D eigenvalue weighted by molar-refractivity contribution is 0.0697. The van der Waals surface area contributed by atoms with Crippen molar-refractivity contribution in [1.29, 1.82) is 0 Å². The minimum absolute atomic E-state index is 0.0485. The first kappa shape index (κ1) is 19.2. The minimum atomic E-state index is -0.960. The van der Waals surface area contributed by atoms with Crippen LogP contribution in [-0.4, -0.2) is 27.1 Å². The average Bonchev–Trinajstić information content (AvgIpc) is 2.63. The van der Waals surface area contributed by atoms with Crippen LogP contribution in [0.4, 0.5) is 23.1 Å². The Balaban J connectivity index is 1.81. The van der Waals surface area contributed by atoms with Gasteiger partial charge in [-0.05, 0) is 57.2 Å². The molecule has 0 fully saturated rings. The fourth-order valence-corrected chi connectivity index (χ4v) is 2.58. The summed E-state index contributed by atoms with van der Waals surface area (Å²) in [5, 5.41) is 15.4. The summed E-state index contributed by atoms with van der Waals surface area (Å²) in [5.74, 6) is 0.796. The molecule has 28 heavy (non-hydrogen) atoms. The Bertz CT molecular complexity index is 972. The molecule has 3 rings (SSSR count). The molecule has 0 saturated heterocycles. The molecule has 0 radical (unpaired) electrons. The van der Waals surface area contributed by atoms with E-state index in [4.69, 9.17) is 9.84 Å². The van der Waals surface area contributed by atoms with Crippen molar-refractivity contribution in [2.24, 2.45) is 0 Å². The second-order valence-electron chi connectivity index (χ2n) is 6.51. The summed E-state index contributed by atoms with van der Waals surface area (Å²) >= 11 is 0. The summed E-state index contributed by atoms with van der Waals surface area (Å²) in [5.41, 5.74) is 2.52. The van der Waals surface area contributed by atoms with Crippen molar-refractivity contribution in [2.45, 2.75) is 26.9 Å². The van der Waals surface area contributed by atoms with Gasteiger partial charge in [0.1, 0.15) is 11.6 Å². The van der Waals surface area contributed by atoms with Crippen LogP contribution in [0.1, 0.15) is 29.9 Å². The molecule has 0 bridgehead atoms. The Morgan fingerprint density at radius 3 is 2.43 bits per heavy atom. The first-order valence-corrected chi connectivity index (χ1v) is 8.89. The van der Waals surface area contributed by atoms with Gasteiger partial charge in [-0.3, -0.25) is 0 Å². The van der Waals surface area contributed by atoms with Crippen molar-refractivity contribution in [1.82, 2.24) is 9.97 Å². The van der Waals surface area contributed by atoms with Crippen molar-refractivity contribution < 1.29 is 14.6 Å². The number of ether oxygens (including phenoxy) is 1. The van der Waals surface area contributed by atoms with E-state index in [0.29, 0.717) is 11.8 Å². The lowest BCUT2D eigenvalue weighted by Crippen LogP contribution is -2.08. The number of rotatable bonds is 7. The van der Waals surface area contributed by atoms with E-state index >= 15 is 0 Å². The van der Waals surface area contributed by atoms with E-state index in [9.17, 15) is 4.79 Å². The Kier molecular flexibility index (Phi) is 5.74. The number of para-hydroxylation sites is 2. The third-order valence-corrected chi connectivity index (χ3v) is 3.75. The highest BCUT2D eigenvalue weighted by molar-refractivity contribution is 5.88. The molecule has 7 nitrogen and oxygen atoms in total. The van der Waals surface area contributed by atoms with Crippen LogP contribution in [-0.2, 0) is 0 Å². The van der Waals surface area contributed by atoms with Gasteiger partial charge in [-0.1, -0.05) is 12.1 Å². The fraction of sp³-hybridized carbons (Fsp3) is 0.190. The standard InChI is InChI=1S/C21H22N4O3/c1-13(2)28-18-7-5-4-6-17(18)24-21-22-14(3)12-19(25-21)23-16-10-8-15(9-11-16)20(26)27/h4-13H,1-3H3,(H,26,27)(H2,22,23,24,25). The SMILES string of the molecule is Cc1cc(Nc2ccc(C(=O)O)cc2)nc(Nc2ccccc2OC(C)C)n1. The molecule has 7 heteroatoms. The maximum Gasteiger partial charge on any atom is 0.335 e. The molecule has 0 saturated carbocycles. The summed E-state index contributed by atoms with van der Waals surface area (Å²) in [4.78, 5) is 19.9. The molecular weight excluding hydrogens is 356 g/mol. The molecule has 2 aromatic carbocycles. The van der Waals surface area contributed by atoms with Gasteiger partial charge in [0.25, 0.3) is 0 Å². The lowest BCUT2D eigenvalue weighted by atomic mass is 10.2. The zero-order valence-electron chi connectivity index (χ0n) is 15.9. The first-order chi connectivity index (χ1) is 13.4. The maximum absolute atomic E-state index is 11.0. The highest BCUT2D eigenvalue weighted by atomic mass is 16.5. The van der Waals surface area contributed by atoms with Gasteiger partial charge in [-0.15, -0.1) is 0 Å². The number of hydrogen-bond donors (Lipinski definition) is 3. The summed E-state index contributed by atoms with van der Waals surface area (Å²) in [7, 11) is 0. The molecule has 3 N–H and O–H groups in total. The molecule has 0 atom stereocenters. The van der Waals surface area contributed by atoms with Crippen LogP contribution < -0.4 is 15.4 Å². The number of nitrogens with one attached hydrogen (secondary N) is 2. The lowest BCUT2D eigenvalue weighted by Gasteiger charge is -2.15. The predicted molar refractivity (Wildman–Crippen MR) is 109 cm³/mol. The van der Waals surface area contributed by atoms with E-state index in [0.717, 1.165) is 22.8 Å². The highest BCUT2D eigenvalue weighted by Crippen LogP contribution is 2.28. The van der Waals surface area contributed by atoms with Gasteiger partial charge in [-0.2, -0.15) is 4.98 Å². The Morgan fingerprint density at radius 1 is 1.04 bits per heavy atom. The number of anilines is 4. The van der Waals surface area contributed by atoms with Crippen LogP contribution in [0, 0.1) is 6.92 Å². The van der Waals surface area contributed by atoms with Crippen molar-refractivity contribution in [2.75, 3.05) is 10.6 Å². The summed E-state index contributed by atoms with van der Waals surface area (Å²) in [6, 6.07) is 15.9. The van der Waals surface area contributed by atoms with Gasteiger partial charge in [0, 0.05) is 17.4 Å². The summed E-state index contributed by atoms with van der Waals surface area (Å²) in [6.45, 7) is 5.82. The van der Waals surface area contributed by atoms with E-state index in [1.165, 1.54) is 12.1 Å². The average molecular weight is 378 g/mol. The van der Waals surface area contributed by atoms with E-state index in [1.54, 1.807) is 12.1 Å². The normalized spacial score (nSPS) is 10.6. The molecule has 1 aromatic heterocycles. The van der Waals surface area contributed by atoms with Crippen molar-refractivity contribution in [3.63, 3.8) is 0 Å². The molecule has 0 unspecified atom stereocenters. The number of aromatic nitrogens is 2. The number of carboxylic acid groups (broad SMARTS) is 1. The fourth-order valence-electron chi connectivity index (χ4n) is 2.58. The molecule has 0 aliphatic rings. The van der Waals surface area contributed by atoms with Crippen LogP contribution in [0.3, 0.4) is 0 Å². The number of benzene rings is 2. The summed E-state index contributed by atoms with van der Waals surface area (Å²) in [6.07, 6.45) is 0.0485. The third-order valence-electron chi connectivity index (χ3n) is 3.75. The zero-order valence-corrected chi connectivity index (χ0v) is 15.9. The largest absolute Gasteiger partial charge is 0.489 e. The minimum Gasteiger partial charge on any atom is -0.489 e. The smallest absolute Gasteiger partial charge is 0.335 e. The molecule has 0 spiro atoms. The van der Waals surface area contributed by atoms with Crippen molar-refractivity contribution >= 4 is 29.1 Å². The number of hydrogen-bond acceptors (Lipinski definition) is 6. The van der Waals surface area contributed by atoms with Crippen LogP contribution in [0.2, 0.25) is 0 Å². The zero-order chi connectivity index (χ0) is 20.1. The second-order valence-corrected chi connectivity index (χ2v) is 6.51. The number of nitrogens with zero attached hydrogens (tertiary/aromatic N) is 2. The van der Waals surface area contributed by atoms with E-state index in [-0.39, 0.29) is 11.7 Å². The van der Waals surface area contributed by atoms with Gasteiger partial charge in [-0.25, -0.2) is 9.78 Å². The van der Waals surface area contributed by atoms with Crippen LogP contribution >= 0.6 is 0 Å². The van der Waals surface area contributed by atoms with Gasteiger partial charge >= 0.3 is 5.97 Å². The van der Waals surface area contributed by atoms with E-state index in [1.807, 2.05) is 51.1 Å². The highest BCUT2D eigenvalue weighted by Gasteiger charge is 2.09. The first-order valence-electron chi connectivity index (χ1n) is 8.89. The van der Waals surface area contributed by atoms with Gasteiger partial charge in [0.15, 0.2) is 0 Å². The Hall–Kier alpha value is -3.61. The summed E-state index contributed by atoms with van der Waals surface area (Å²) < 4.78 is 5.82. The number of carboxylic acids is 1. The Labute approximate surface area is 163 Å². The number of aromatic carboxylic acids is 1. The van der Waals surface area contributed by atoms with Crippen LogP contribution in [0.15, 0.2) is 54.6 Å². The van der Waals surface area contributed by atoms with Gasteiger partial charge in [0.2, 0.25) is 5.95 Å². The topological polar surface area (TPSA) is 96.4 Å². The van der Waals surface area contributed by atoms with Crippen molar-refractivity contribution in [3.05, 3.63) is 65.9 Å². The molecule has 3 aromatic rings. The quantitative estimate of drug-likeness (QED) is 0.545.